The number of ketones is 1. The second-order valence-electron chi connectivity index (χ2n) is 8.39. The molecule has 142 valence electrons. The zero-order valence-electron chi connectivity index (χ0n) is 16.4. The molecule has 0 aliphatic heterocycles. The molecule has 0 saturated heterocycles. The van der Waals surface area contributed by atoms with E-state index in [1.165, 1.54) is 14.2 Å². The lowest BCUT2D eigenvalue weighted by Gasteiger charge is -2.38. The van der Waals surface area contributed by atoms with Gasteiger partial charge in [-0.3, -0.25) is 9.36 Å². The Morgan fingerprint density at radius 2 is 1.58 bits per heavy atom. The first-order valence-electron chi connectivity index (χ1n) is 8.81. The van der Waals surface area contributed by atoms with Crippen LogP contribution in [0.1, 0.15) is 46.5 Å². The lowest BCUT2D eigenvalue weighted by Crippen LogP contribution is -2.42. The third kappa shape index (κ3) is 6.06. The van der Waals surface area contributed by atoms with E-state index in [0.29, 0.717) is 5.92 Å². The van der Waals surface area contributed by atoms with Gasteiger partial charge in [-0.2, -0.15) is 0 Å². The molecule has 5 nitrogen and oxygen atoms in total. The molecule has 0 unspecified atom stereocenters. The summed E-state index contributed by atoms with van der Waals surface area (Å²) in [4.78, 5) is 12.3. The highest BCUT2D eigenvalue weighted by Crippen LogP contribution is 2.47. The van der Waals surface area contributed by atoms with Gasteiger partial charge in [-0.15, -0.1) is 0 Å². The number of rotatable bonds is 8. The minimum absolute atomic E-state index is 0.00537. The van der Waals surface area contributed by atoms with Crippen LogP contribution < -0.4 is 0 Å². The van der Waals surface area contributed by atoms with Crippen molar-refractivity contribution in [1.29, 1.82) is 0 Å². The first-order valence-corrected chi connectivity index (χ1v) is 13.4. The van der Waals surface area contributed by atoms with Crippen LogP contribution in [0, 0.1) is 11.8 Å². The Balaban J connectivity index is 2.44. The van der Waals surface area contributed by atoms with E-state index in [4.69, 9.17) is 13.5 Å². The second kappa shape index (κ2) is 8.59. The third-order valence-electron chi connectivity index (χ3n) is 5.69. The zero-order valence-corrected chi connectivity index (χ0v) is 18.3. The Bertz CT molecular complexity index is 456. The van der Waals surface area contributed by atoms with Gasteiger partial charge in [0, 0.05) is 26.7 Å². The fraction of sp³-hybridized carbons (Fsp3) is 0.941. The quantitative estimate of drug-likeness (QED) is 0.445. The minimum Gasteiger partial charge on any atom is -0.417 e. The number of Topliss-reactive ketones (excluding diaryl/α,β-unsaturated/α-hetero) is 1. The molecule has 1 rings (SSSR count). The predicted octanol–water partition coefficient (Wildman–Crippen LogP) is 4.87. The van der Waals surface area contributed by atoms with E-state index >= 15 is 0 Å². The molecule has 0 atom stereocenters. The monoisotopic (exact) mass is 378 g/mol. The van der Waals surface area contributed by atoms with Crippen molar-refractivity contribution < 1.29 is 22.8 Å². The average molecular weight is 379 g/mol. The maximum Gasteiger partial charge on any atom is 0.337 e. The zero-order chi connectivity index (χ0) is 18.6. The van der Waals surface area contributed by atoms with Crippen molar-refractivity contribution in [1.82, 2.24) is 0 Å². The standard InChI is InChI=1S/C17H35O5PSi/c1-17(2,3)24(6,7)22-12-14-8-10-15(11-9-14)16(18)13-23(19,20-4)21-5/h14-15H,8-13H2,1-7H3. The smallest absolute Gasteiger partial charge is 0.337 e. The highest BCUT2D eigenvalue weighted by atomic mass is 31.2. The van der Waals surface area contributed by atoms with Gasteiger partial charge in [-0.25, -0.2) is 0 Å². The largest absolute Gasteiger partial charge is 0.417 e. The normalized spacial score (nSPS) is 23.3. The van der Waals surface area contributed by atoms with Gasteiger partial charge in [-0.1, -0.05) is 20.8 Å². The summed E-state index contributed by atoms with van der Waals surface area (Å²) in [7, 11) is -2.30. The van der Waals surface area contributed by atoms with Crippen LogP contribution in [-0.4, -0.2) is 41.1 Å². The molecule has 0 aromatic rings. The van der Waals surface area contributed by atoms with E-state index in [1.807, 2.05) is 0 Å². The van der Waals surface area contributed by atoms with E-state index in [9.17, 15) is 9.36 Å². The third-order valence-corrected chi connectivity index (χ3v) is 12.0. The Labute approximate surface area is 148 Å². The summed E-state index contributed by atoms with van der Waals surface area (Å²) in [5, 5.41) is 0.224. The molecule has 1 aliphatic rings. The Morgan fingerprint density at radius 1 is 1.08 bits per heavy atom. The molecule has 0 aromatic heterocycles. The van der Waals surface area contributed by atoms with Crippen LogP contribution in [0.25, 0.3) is 0 Å². The van der Waals surface area contributed by atoms with Crippen LogP contribution in [0.3, 0.4) is 0 Å². The molecule has 0 amide bonds. The van der Waals surface area contributed by atoms with Gasteiger partial charge in [0.2, 0.25) is 0 Å². The summed E-state index contributed by atoms with van der Waals surface area (Å²) >= 11 is 0. The molecule has 1 aliphatic carbocycles. The van der Waals surface area contributed by atoms with Crippen molar-refractivity contribution in [3.05, 3.63) is 0 Å². The first-order chi connectivity index (χ1) is 10.9. The molecule has 7 heteroatoms. The molecule has 0 spiro atoms. The van der Waals surface area contributed by atoms with E-state index in [1.54, 1.807) is 0 Å². The maximum atomic E-state index is 12.3. The van der Waals surface area contributed by atoms with Crippen LogP contribution in [0.4, 0.5) is 0 Å². The Kier molecular flexibility index (Phi) is 7.89. The molecule has 0 bridgehead atoms. The van der Waals surface area contributed by atoms with Crippen molar-refractivity contribution in [3.63, 3.8) is 0 Å². The fourth-order valence-corrected chi connectivity index (χ4v) is 4.85. The summed E-state index contributed by atoms with van der Waals surface area (Å²) in [5.74, 6) is 0.512. The summed E-state index contributed by atoms with van der Waals surface area (Å²) in [6.07, 6.45) is 3.57. The molecule has 0 radical (unpaired) electrons. The van der Waals surface area contributed by atoms with Gasteiger partial charge in [-0.05, 0) is 49.7 Å². The maximum absolute atomic E-state index is 12.3. The number of carbonyl (C=O) groups is 1. The second-order valence-corrected chi connectivity index (χ2v) is 15.5. The fourth-order valence-electron chi connectivity index (χ4n) is 2.72. The lowest BCUT2D eigenvalue weighted by atomic mass is 9.81. The molecule has 0 N–H and O–H groups in total. The Hall–Kier alpha value is -0.00312. The lowest BCUT2D eigenvalue weighted by molar-refractivity contribution is -0.121. The molecule has 1 fully saturated rings. The predicted molar refractivity (Wildman–Crippen MR) is 100 cm³/mol. The van der Waals surface area contributed by atoms with Crippen LogP contribution in [0.15, 0.2) is 0 Å². The molecule has 0 aromatic carbocycles. The summed E-state index contributed by atoms with van der Waals surface area (Å²) in [5.41, 5.74) is 0. The number of hydrogen-bond donors (Lipinski definition) is 0. The summed E-state index contributed by atoms with van der Waals surface area (Å²) in [6, 6.07) is 0. The van der Waals surface area contributed by atoms with E-state index < -0.39 is 15.9 Å². The van der Waals surface area contributed by atoms with Crippen molar-refractivity contribution >= 4 is 21.7 Å². The molecule has 0 heterocycles. The molecular formula is C17H35O5PSi. The van der Waals surface area contributed by atoms with Crippen LogP contribution >= 0.6 is 7.60 Å². The minimum atomic E-state index is -3.24. The van der Waals surface area contributed by atoms with Gasteiger partial charge in [0.05, 0.1) is 0 Å². The van der Waals surface area contributed by atoms with Gasteiger partial charge in [0.25, 0.3) is 0 Å². The van der Waals surface area contributed by atoms with Crippen LogP contribution in [0.2, 0.25) is 18.1 Å². The SMILES string of the molecule is COP(=O)(CC(=O)C1CCC(CO[Si](C)(C)C(C)(C)C)CC1)OC. The number of hydrogen-bond acceptors (Lipinski definition) is 5. The van der Waals surface area contributed by atoms with E-state index in [-0.39, 0.29) is 22.9 Å². The first kappa shape index (κ1) is 22.0. The van der Waals surface area contributed by atoms with Gasteiger partial charge >= 0.3 is 7.60 Å². The molecule has 1 saturated carbocycles. The van der Waals surface area contributed by atoms with Gasteiger partial charge in [0.1, 0.15) is 11.9 Å². The average Bonchev–Trinajstić information content (AvgIpc) is 2.52. The summed E-state index contributed by atoms with van der Waals surface area (Å²) < 4.78 is 28.2. The van der Waals surface area contributed by atoms with E-state index in [2.05, 4.69) is 33.9 Å². The molecular weight excluding hydrogens is 343 g/mol. The highest BCUT2D eigenvalue weighted by Gasteiger charge is 2.38. The van der Waals surface area contributed by atoms with E-state index in [0.717, 1.165) is 32.3 Å². The number of carbonyl (C=O) groups excluding carboxylic acids is 1. The van der Waals surface area contributed by atoms with Crippen molar-refractivity contribution in [2.45, 2.75) is 64.6 Å². The summed E-state index contributed by atoms with van der Waals surface area (Å²) in [6.45, 7) is 12.1. The van der Waals surface area contributed by atoms with Crippen molar-refractivity contribution in [3.8, 4) is 0 Å². The van der Waals surface area contributed by atoms with Crippen molar-refractivity contribution in [2.24, 2.45) is 11.8 Å². The van der Waals surface area contributed by atoms with Crippen molar-refractivity contribution in [2.75, 3.05) is 27.0 Å². The molecule has 24 heavy (non-hydrogen) atoms. The highest BCUT2D eigenvalue weighted by molar-refractivity contribution is 7.54. The van der Waals surface area contributed by atoms with Gasteiger partial charge < -0.3 is 13.5 Å². The van der Waals surface area contributed by atoms with Crippen LogP contribution in [-0.2, 0) is 22.8 Å². The Morgan fingerprint density at radius 3 is 2.00 bits per heavy atom. The topological polar surface area (TPSA) is 61.8 Å². The van der Waals surface area contributed by atoms with Crippen LogP contribution in [0.5, 0.6) is 0 Å². The van der Waals surface area contributed by atoms with Gasteiger partial charge in [0.15, 0.2) is 8.32 Å².